The standard InChI is InChI=1S/C39H54O7/c1-10-11-12-26(24-15-13-20(4)14-16-24)27-18-17-25-21(5)37(8)23(7)38(9)30(19(2)3)33(42)28(22(6)40)35(44)39(38,46)36(45)31(37)34(43)29(25)32(27)41/h17-21,23-24,26,30,41-42,45-46H,10-16H2,1-9H3/t20?,21-,23-,24?,26?,30?,37-,38-,39+/m1/s1. The van der Waals surface area contributed by atoms with E-state index in [2.05, 4.69) is 13.8 Å². The number of allylic oxidation sites excluding steroid dienone is 2. The lowest BCUT2D eigenvalue weighted by Gasteiger charge is -2.64. The number of hydrogen-bond donors (Lipinski definition) is 4. The fourth-order valence-electron chi connectivity index (χ4n) is 10.4. The minimum atomic E-state index is -2.63. The van der Waals surface area contributed by atoms with E-state index >= 15 is 0 Å². The fourth-order valence-corrected chi connectivity index (χ4v) is 10.4. The monoisotopic (exact) mass is 634 g/mol. The van der Waals surface area contributed by atoms with Crippen molar-refractivity contribution in [3.8, 4) is 5.75 Å². The van der Waals surface area contributed by atoms with Crippen molar-refractivity contribution in [2.24, 2.45) is 40.4 Å². The molecule has 4 aliphatic rings. The van der Waals surface area contributed by atoms with Crippen LogP contribution >= 0.6 is 0 Å². The predicted molar refractivity (Wildman–Crippen MR) is 178 cm³/mol. The van der Waals surface area contributed by atoms with Crippen LogP contribution in [0.2, 0.25) is 0 Å². The molecular weight excluding hydrogens is 580 g/mol. The van der Waals surface area contributed by atoms with Crippen LogP contribution in [-0.4, -0.2) is 43.4 Å². The van der Waals surface area contributed by atoms with Crippen molar-refractivity contribution in [2.45, 2.75) is 125 Å². The first-order valence-corrected chi connectivity index (χ1v) is 17.5. The van der Waals surface area contributed by atoms with Gasteiger partial charge in [-0.2, -0.15) is 0 Å². The summed E-state index contributed by atoms with van der Waals surface area (Å²) in [6.45, 7) is 16.7. The SMILES string of the molecule is CCCCC(c1ccc2c(c1O)C(=O)C1=C(O)[C@@]3(O)C(=O)C(C(C)=O)=C(O)C(C(C)C)[C@@]3(C)[C@H](C)[C@@]1(C)[C@@H]2C)C1CCC(C)CC1. The van der Waals surface area contributed by atoms with Crippen LogP contribution < -0.4 is 0 Å². The number of unbranched alkanes of at least 4 members (excludes halogenated alkanes) is 1. The Labute approximate surface area is 274 Å². The predicted octanol–water partition coefficient (Wildman–Crippen LogP) is 8.25. The average Bonchev–Trinajstić information content (AvgIpc) is 2.98. The second-order valence-electron chi connectivity index (χ2n) is 15.9. The van der Waals surface area contributed by atoms with E-state index in [9.17, 15) is 34.8 Å². The molecule has 0 heterocycles. The Bertz CT molecular complexity index is 1520. The van der Waals surface area contributed by atoms with Gasteiger partial charge in [0.1, 0.15) is 22.8 Å². The number of aromatic hydroxyl groups is 1. The van der Waals surface area contributed by atoms with Crippen LogP contribution in [0.1, 0.15) is 141 Å². The van der Waals surface area contributed by atoms with Crippen LogP contribution in [0.4, 0.5) is 0 Å². The molecule has 46 heavy (non-hydrogen) atoms. The number of aliphatic hydroxyl groups is 3. The summed E-state index contributed by atoms with van der Waals surface area (Å²) in [5.74, 6) is -4.66. The van der Waals surface area contributed by atoms with E-state index < -0.39 is 62.9 Å². The molecule has 4 N–H and O–H groups in total. The smallest absolute Gasteiger partial charge is 0.209 e. The second kappa shape index (κ2) is 11.6. The van der Waals surface area contributed by atoms with Gasteiger partial charge >= 0.3 is 0 Å². The highest BCUT2D eigenvalue weighted by Crippen LogP contribution is 2.70. The highest BCUT2D eigenvalue weighted by Gasteiger charge is 2.74. The maximum absolute atomic E-state index is 14.8. The quantitative estimate of drug-likeness (QED) is 0.222. The van der Waals surface area contributed by atoms with Crippen LogP contribution in [0.15, 0.2) is 34.8 Å². The minimum Gasteiger partial charge on any atom is -0.511 e. The Balaban J connectivity index is 1.75. The number of carbonyl (C=O) groups is 3. The number of aliphatic hydroxyl groups excluding tert-OH is 2. The summed E-state index contributed by atoms with van der Waals surface area (Å²) in [6.07, 6.45) is 7.35. The maximum Gasteiger partial charge on any atom is 0.209 e. The normalized spacial score (nSPS) is 36.8. The number of hydrogen-bond acceptors (Lipinski definition) is 7. The molecule has 0 amide bonds. The van der Waals surface area contributed by atoms with Gasteiger partial charge in [0.2, 0.25) is 5.78 Å². The second-order valence-corrected chi connectivity index (χ2v) is 15.9. The van der Waals surface area contributed by atoms with E-state index in [-0.39, 0.29) is 34.5 Å². The van der Waals surface area contributed by atoms with E-state index in [1.165, 1.54) is 0 Å². The van der Waals surface area contributed by atoms with Crippen molar-refractivity contribution in [1.82, 2.24) is 0 Å². The Morgan fingerprint density at radius 3 is 2.15 bits per heavy atom. The van der Waals surface area contributed by atoms with Gasteiger partial charge in [-0.25, -0.2) is 0 Å². The molecule has 5 rings (SSSR count). The lowest BCUT2D eigenvalue weighted by atomic mass is 9.39. The number of benzene rings is 1. The van der Waals surface area contributed by atoms with Gasteiger partial charge < -0.3 is 20.4 Å². The van der Waals surface area contributed by atoms with Crippen LogP contribution in [0.3, 0.4) is 0 Å². The van der Waals surface area contributed by atoms with Gasteiger partial charge in [0.15, 0.2) is 17.2 Å². The number of phenols is 1. The number of phenolic OH excluding ortho intramolecular Hbond substituents is 1. The van der Waals surface area contributed by atoms with E-state index in [1.807, 2.05) is 46.8 Å². The third-order valence-corrected chi connectivity index (χ3v) is 13.4. The molecule has 0 radical (unpaired) electrons. The molecule has 7 heteroatoms. The van der Waals surface area contributed by atoms with Gasteiger partial charge in [-0.15, -0.1) is 0 Å². The molecule has 1 fully saturated rings. The van der Waals surface area contributed by atoms with Crippen LogP contribution in [0.5, 0.6) is 5.75 Å². The van der Waals surface area contributed by atoms with Crippen molar-refractivity contribution in [2.75, 3.05) is 0 Å². The van der Waals surface area contributed by atoms with Gasteiger partial charge in [-0.3, -0.25) is 14.4 Å². The third kappa shape index (κ3) is 4.35. The molecule has 0 aromatic heterocycles. The van der Waals surface area contributed by atoms with E-state index in [1.54, 1.807) is 6.92 Å². The minimum absolute atomic E-state index is 0.0682. The summed E-state index contributed by atoms with van der Waals surface area (Å²) in [5, 5.41) is 48.2. The first-order chi connectivity index (χ1) is 21.4. The van der Waals surface area contributed by atoms with Crippen molar-refractivity contribution in [3.05, 3.63) is 51.5 Å². The molecule has 1 aromatic carbocycles. The van der Waals surface area contributed by atoms with Gasteiger partial charge in [0.25, 0.3) is 0 Å². The topological polar surface area (TPSA) is 132 Å². The average molecular weight is 635 g/mol. The summed E-state index contributed by atoms with van der Waals surface area (Å²) in [6, 6.07) is 3.96. The van der Waals surface area contributed by atoms with Crippen LogP contribution in [0.25, 0.3) is 0 Å². The molecule has 2 unspecified atom stereocenters. The van der Waals surface area contributed by atoms with Crippen molar-refractivity contribution in [1.29, 1.82) is 0 Å². The summed E-state index contributed by atoms with van der Waals surface area (Å²) >= 11 is 0. The summed E-state index contributed by atoms with van der Waals surface area (Å²) in [4.78, 5) is 41.7. The number of fused-ring (bicyclic) bond motifs is 3. The summed E-state index contributed by atoms with van der Waals surface area (Å²) in [5.41, 5.74) is -4.26. The lowest BCUT2D eigenvalue weighted by Crippen LogP contribution is -2.71. The molecule has 0 bridgehead atoms. The Morgan fingerprint density at radius 2 is 1.61 bits per heavy atom. The zero-order valence-electron chi connectivity index (χ0n) is 29.2. The molecule has 7 atom stereocenters. The molecular formula is C39H54O7. The zero-order chi connectivity index (χ0) is 34.3. The fraction of sp³-hybridized carbons (Fsp3) is 0.667. The van der Waals surface area contributed by atoms with Crippen LogP contribution in [-0.2, 0) is 9.59 Å². The lowest BCUT2D eigenvalue weighted by molar-refractivity contribution is -0.189. The first kappa shape index (κ1) is 34.4. The number of carbonyl (C=O) groups excluding carboxylic acids is 3. The van der Waals surface area contributed by atoms with Crippen molar-refractivity contribution < 1.29 is 34.8 Å². The largest absolute Gasteiger partial charge is 0.511 e. The Kier molecular flexibility index (Phi) is 8.71. The molecule has 0 aliphatic heterocycles. The van der Waals surface area contributed by atoms with Gasteiger partial charge in [-0.1, -0.05) is 93.2 Å². The molecule has 1 saturated carbocycles. The first-order valence-electron chi connectivity index (χ1n) is 17.5. The molecule has 1 aromatic rings. The highest BCUT2D eigenvalue weighted by molar-refractivity contribution is 6.25. The summed E-state index contributed by atoms with van der Waals surface area (Å²) < 4.78 is 0. The van der Waals surface area contributed by atoms with Crippen molar-refractivity contribution in [3.63, 3.8) is 0 Å². The molecule has 0 saturated heterocycles. The van der Waals surface area contributed by atoms with Crippen molar-refractivity contribution >= 4 is 17.3 Å². The number of Topliss-reactive ketones (excluding diaryl/α,β-unsaturated/α-hetero) is 3. The maximum atomic E-state index is 14.8. The van der Waals surface area contributed by atoms with E-state index in [0.717, 1.165) is 57.4 Å². The van der Waals surface area contributed by atoms with Gasteiger partial charge in [0, 0.05) is 22.3 Å². The van der Waals surface area contributed by atoms with E-state index in [4.69, 9.17) is 0 Å². The van der Waals surface area contributed by atoms with Gasteiger partial charge in [0.05, 0.1) is 5.56 Å². The summed E-state index contributed by atoms with van der Waals surface area (Å²) in [7, 11) is 0. The Hall–Kier alpha value is -2.93. The Morgan fingerprint density at radius 1 is 1.00 bits per heavy atom. The molecule has 4 aliphatic carbocycles. The van der Waals surface area contributed by atoms with E-state index in [0.29, 0.717) is 17.4 Å². The van der Waals surface area contributed by atoms with Gasteiger partial charge in [-0.05, 0) is 72.8 Å². The number of ketones is 3. The van der Waals surface area contributed by atoms with Crippen LogP contribution in [0, 0.1) is 40.4 Å². The molecule has 252 valence electrons. The number of rotatable bonds is 7. The molecule has 7 nitrogen and oxygen atoms in total. The zero-order valence-corrected chi connectivity index (χ0v) is 29.2. The highest BCUT2D eigenvalue weighted by atomic mass is 16.3. The third-order valence-electron chi connectivity index (χ3n) is 13.4. The molecule has 0 spiro atoms.